The van der Waals surface area contributed by atoms with E-state index in [1.807, 2.05) is 0 Å². The van der Waals surface area contributed by atoms with Crippen LogP contribution in [-0.2, 0) is 6.42 Å². The molecule has 0 saturated carbocycles. The molecule has 0 unspecified atom stereocenters. The number of benzene rings is 2. The van der Waals surface area contributed by atoms with Crippen LogP contribution in [0.5, 0.6) is 5.75 Å². The van der Waals surface area contributed by atoms with E-state index in [1.165, 1.54) is 19.2 Å². The Morgan fingerprint density at radius 1 is 1.20 bits per heavy atom. The van der Waals surface area contributed by atoms with Crippen molar-refractivity contribution in [2.75, 3.05) is 7.11 Å². The Kier molecular flexibility index (Phi) is 4.63. The largest absolute Gasteiger partial charge is 0.496 e. The van der Waals surface area contributed by atoms with Crippen molar-refractivity contribution >= 4 is 29.0 Å². The normalized spacial score (nSPS) is 10.4. The molecule has 0 bridgehead atoms. The Hall–Kier alpha value is -1.58. The number of halogens is 3. The van der Waals surface area contributed by atoms with Crippen LogP contribution >= 0.6 is 23.2 Å². The van der Waals surface area contributed by atoms with Gasteiger partial charge in [-0.05, 0) is 35.9 Å². The van der Waals surface area contributed by atoms with Gasteiger partial charge in [-0.15, -0.1) is 0 Å². The van der Waals surface area contributed by atoms with Gasteiger partial charge in [0.15, 0.2) is 5.78 Å². The van der Waals surface area contributed by atoms with Crippen molar-refractivity contribution in [1.29, 1.82) is 0 Å². The van der Waals surface area contributed by atoms with Gasteiger partial charge >= 0.3 is 0 Å². The van der Waals surface area contributed by atoms with Crippen molar-refractivity contribution in [3.63, 3.8) is 0 Å². The highest BCUT2D eigenvalue weighted by Crippen LogP contribution is 2.25. The first-order chi connectivity index (χ1) is 9.51. The molecule has 0 aromatic heterocycles. The lowest BCUT2D eigenvalue weighted by atomic mass is 10.0. The Morgan fingerprint density at radius 3 is 2.60 bits per heavy atom. The average Bonchev–Trinajstić information content (AvgIpc) is 2.42. The third-order valence-electron chi connectivity index (χ3n) is 2.81. The smallest absolute Gasteiger partial charge is 0.170 e. The van der Waals surface area contributed by atoms with Gasteiger partial charge in [0.1, 0.15) is 11.6 Å². The quantitative estimate of drug-likeness (QED) is 0.773. The van der Waals surface area contributed by atoms with Gasteiger partial charge in [-0.1, -0.05) is 29.3 Å². The number of carbonyl (C=O) groups excluding carboxylic acids is 1. The molecule has 0 aliphatic rings. The lowest BCUT2D eigenvalue weighted by molar-refractivity contribution is 0.0990. The number of hydrogen-bond acceptors (Lipinski definition) is 2. The van der Waals surface area contributed by atoms with Crippen molar-refractivity contribution < 1.29 is 13.9 Å². The molecule has 0 heterocycles. The molecule has 2 aromatic rings. The van der Waals surface area contributed by atoms with E-state index in [2.05, 4.69) is 0 Å². The van der Waals surface area contributed by atoms with Gasteiger partial charge in [0.25, 0.3) is 0 Å². The summed E-state index contributed by atoms with van der Waals surface area (Å²) in [5, 5.41) is 0.515. The molecule has 0 aliphatic heterocycles. The Morgan fingerprint density at radius 2 is 1.95 bits per heavy atom. The van der Waals surface area contributed by atoms with Gasteiger partial charge in [-0.2, -0.15) is 0 Å². The van der Waals surface area contributed by atoms with Gasteiger partial charge in [-0.3, -0.25) is 4.79 Å². The van der Waals surface area contributed by atoms with Gasteiger partial charge in [0.05, 0.1) is 17.7 Å². The highest BCUT2D eigenvalue weighted by molar-refractivity contribution is 6.31. The summed E-state index contributed by atoms with van der Waals surface area (Å²) < 4.78 is 18.5. The fourth-order valence-electron chi connectivity index (χ4n) is 1.83. The Bertz CT molecular complexity index is 656. The summed E-state index contributed by atoms with van der Waals surface area (Å²) in [5.74, 6) is -0.322. The molecule has 0 N–H and O–H groups in total. The molecule has 2 rings (SSSR count). The van der Waals surface area contributed by atoms with Crippen LogP contribution in [0, 0.1) is 5.82 Å². The van der Waals surface area contributed by atoms with E-state index in [9.17, 15) is 9.18 Å². The van der Waals surface area contributed by atoms with Crippen LogP contribution in [0.25, 0.3) is 0 Å². The number of hydrogen-bond donors (Lipinski definition) is 0. The van der Waals surface area contributed by atoms with Crippen LogP contribution in [0.1, 0.15) is 15.9 Å². The summed E-state index contributed by atoms with van der Waals surface area (Å²) in [4.78, 5) is 12.2. The average molecular weight is 313 g/mol. The van der Waals surface area contributed by atoms with Crippen LogP contribution in [0.2, 0.25) is 10.0 Å². The molecule has 0 saturated heterocycles. The monoisotopic (exact) mass is 312 g/mol. The summed E-state index contributed by atoms with van der Waals surface area (Å²) in [5.41, 5.74) is 0.959. The molecule has 5 heteroatoms. The molecule has 0 amide bonds. The van der Waals surface area contributed by atoms with Crippen molar-refractivity contribution in [3.8, 4) is 5.75 Å². The number of Topliss-reactive ketones (excluding diaryl/α,β-unsaturated/α-hetero) is 1. The predicted molar refractivity (Wildman–Crippen MR) is 77.4 cm³/mol. The fraction of sp³-hybridized carbons (Fsp3) is 0.133. The van der Waals surface area contributed by atoms with Crippen LogP contribution in [0.15, 0.2) is 36.4 Å². The SMILES string of the molecule is COc1cc(Cl)ccc1C(=O)Cc1ccc(Cl)c(F)c1. The second-order valence-corrected chi connectivity index (χ2v) is 5.04. The summed E-state index contributed by atoms with van der Waals surface area (Å²) >= 11 is 11.4. The second-order valence-electron chi connectivity index (χ2n) is 4.19. The zero-order chi connectivity index (χ0) is 14.7. The van der Waals surface area contributed by atoms with Gasteiger partial charge in [0, 0.05) is 11.4 Å². The van der Waals surface area contributed by atoms with E-state index in [1.54, 1.807) is 24.3 Å². The topological polar surface area (TPSA) is 26.3 Å². The number of rotatable bonds is 4. The molecule has 20 heavy (non-hydrogen) atoms. The van der Waals surface area contributed by atoms with E-state index in [0.29, 0.717) is 21.9 Å². The molecule has 0 spiro atoms. The molecular weight excluding hydrogens is 302 g/mol. The Labute approximate surface area is 126 Å². The minimum Gasteiger partial charge on any atom is -0.496 e. The number of methoxy groups -OCH3 is 1. The number of ketones is 1. The van der Waals surface area contributed by atoms with E-state index in [0.717, 1.165) is 0 Å². The maximum Gasteiger partial charge on any atom is 0.170 e. The standard InChI is InChI=1S/C15H11Cl2FO2/c1-20-15-8-10(16)3-4-11(15)14(19)7-9-2-5-12(17)13(18)6-9/h2-6,8H,7H2,1H3. The van der Waals surface area contributed by atoms with Crippen molar-refractivity contribution in [2.24, 2.45) is 0 Å². The van der Waals surface area contributed by atoms with E-state index >= 15 is 0 Å². The molecule has 0 aliphatic carbocycles. The van der Waals surface area contributed by atoms with Crippen LogP contribution in [0.3, 0.4) is 0 Å². The highest BCUT2D eigenvalue weighted by Gasteiger charge is 2.14. The van der Waals surface area contributed by atoms with E-state index in [4.69, 9.17) is 27.9 Å². The third kappa shape index (κ3) is 3.30. The summed E-state index contributed by atoms with van der Waals surface area (Å²) in [6, 6.07) is 9.07. The summed E-state index contributed by atoms with van der Waals surface area (Å²) in [6.45, 7) is 0. The van der Waals surface area contributed by atoms with Crippen molar-refractivity contribution in [2.45, 2.75) is 6.42 Å². The first-order valence-electron chi connectivity index (χ1n) is 5.82. The zero-order valence-corrected chi connectivity index (χ0v) is 12.1. The number of ether oxygens (including phenoxy) is 1. The van der Waals surface area contributed by atoms with E-state index < -0.39 is 5.82 Å². The molecule has 2 aromatic carbocycles. The van der Waals surface area contributed by atoms with Crippen molar-refractivity contribution in [3.05, 3.63) is 63.4 Å². The highest BCUT2D eigenvalue weighted by atomic mass is 35.5. The van der Waals surface area contributed by atoms with Crippen LogP contribution < -0.4 is 4.74 Å². The molecule has 0 atom stereocenters. The second kappa shape index (κ2) is 6.25. The zero-order valence-electron chi connectivity index (χ0n) is 10.6. The minimum atomic E-state index is -0.542. The summed E-state index contributed by atoms with van der Waals surface area (Å²) in [6.07, 6.45) is 0.0616. The lowest BCUT2D eigenvalue weighted by Crippen LogP contribution is -2.06. The maximum atomic E-state index is 13.3. The first kappa shape index (κ1) is 14.8. The third-order valence-corrected chi connectivity index (χ3v) is 3.35. The van der Waals surface area contributed by atoms with Gasteiger partial charge < -0.3 is 4.74 Å². The molecule has 0 fully saturated rings. The van der Waals surface area contributed by atoms with Crippen LogP contribution in [0.4, 0.5) is 4.39 Å². The molecule has 2 nitrogen and oxygen atoms in total. The van der Waals surface area contributed by atoms with Crippen molar-refractivity contribution in [1.82, 2.24) is 0 Å². The molecule has 0 radical (unpaired) electrons. The predicted octanol–water partition coefficient (Wildman–Crippen LogP) is 4.57. The number of carbonyl (C=O) groups is 1. The summed E-state index contributed by atoms with van der Waals surface area (Å²) in [7, 11) is 1.46. The fourth-order valence-corrected chi connectivity index (χ4v) is 2.11. The maximum absolute atomic E-state index is 13.3. The Balaban J connectivity index is 2.25. The molecular formula is C15H11Cl2FO2. The molecule has 104 valence electrons. The first-order valence-corrected chi connectivity index (χ1v) is 6.57. The van der Waals surface area contributed by atoms with Gasteiger partial charge in [0.2, 0.25) is 0 Å². The lowest BCUT2D eigenvalue weighted by Gasteiger charge is -2.08. The van der Waals surface area contributed by atoms with E-state index in [-0.39, 0.29) is 17.2 Å². The minimum absolute atomic E-state index is 0.0327. The van der Waals surface area contributed by atoms with Gasteiger partial charge in [-0.25, -0.2) is 4.39 Å². The van der Waals surface area contributed by atoms with Crippen LogP contribution in [-0.4, -0.2) is 12.9 Å².